The van der Waals surface area contributed by atoms with Gasteiger partial charge < -0.3 is 19.5 Å². The van der Waals surface area contributed by atoms with Crippen LogP contribution >= 0.6 is 11.9 Å². The van der Waals surface area contributed by atoms with Crippen molar-refractivity contribution in [2.45, 2.75) is 51.0 Å². The van der Waals surface area contributed by atoms with E-state index in [-0.39, 0.29) is 19.1 Å². The smallest absolute Gasteiger partial charge is 0.304 e. The molecule has 13 nitrogen and oxygen atoms in total. The Balaban J connectivity index is 1.81. The highest BCUT2D eigenvalue weighted by Gasteiger charge is 2.48. The van der Waals surface area contributed by atoms with E-state index in [2.05, 4.69) is 15.6 Å². The first-order chi connectivity index (χ1) is 20.5. The molecule has 0 aliphatic carbocycles. The van der Waals surface area contributed by atoms with E-state index >= 15 is 0 Å². The van der Waals surface area contributed by atoms with Crippen LogP contribution in [0.2, 0.25) is 0 Å². The molecule has 0 saturated carbocycles. The highest BCUT2D eigenvalue weighted by atomic mass is 32.2. The number of hydrogen-bond donors (Lipinski definition) is 1. The standard InChI is InChI=1S/C28H30FN5O8S/c1-16(35)30-23-9-6-10-24(12-23)43-34-28(42-19(4)38)26(27(41-18(3)37)21(15-40-34)14-39-17(2)36)33-13-25(31-32-33)20-7-5-8-22(29)11-20/h5-13,21,26-28H,14-15H2,1-4H3,(H,30,35)/t21?,26?,27-,28?/m0/s1. The summed E-state index contributed by atoms with van der Waals surface area (Å²) in [6.45, 7) is 4.73. The number of halogens is 1. The SMILES string of the molecule is CC(=O)Nc1cccc(SN2OCC(COC(C)=O)[C@H](OC(C)=O)C(n3cc(-c4cccc(F)c4)nn3)C2OC(C)=O)c1. The van der Waals surface area contributed by atoms with Gasteiger partial charge in [-0.15, -0.1) is 5.10 Å². The Morgan fingerprint density at radius 2 is 1.77 bits per heavy atom. The van der Waals surface area contributed by atoms with Crippen molar-refractivity contribution in [3.05, 3.63) is 60.5 Å². The van der Waals surface area contributed by atoms with Crippen molar-refractivity contribution in [1.29, 1.82) is 0 Å². The minimum Gasteiger partial charge on any atom is -0.465 e. The van der Waals surface area contributed by atoms with Gasteiger partial charge in [0, 0.05) is 43.8 Å². The maximum Gasteiger partial charge on any atom is 0.304 e. The van der Waals surface area contributed by atoms with E-state index in [1.165, 1.54) is 61.2 Å². The number of aromatic nitrogens is 3. The molecule has 1 fully saturated rings. The predicted molar refractivity (Wildman–Crippen MR) is 150 cm³/mol. The predicted octanol–water partition coefficient (Wildman–Crippen LogP) is 3.54. The molecule has 1 aromatic heterocycles. The largest absolute Gasteiger partial charge is 0.465 e. The highest BCUT2D eigenvalue weighted by molar-refractivity contribution is 7.97. The van der Waals surface area contributed by atoms with Crippen molar-refractivity contribution in [2.24, 2.45) is 5.92 Å². The molecule has 0 radical (unpaired) electrons. The third kappa shape index (κ3) is 8.59. The van der Waals surface area contributed by atoms with Gasteiger partial charge in [-0.25, -0.2) is 9.07 Å². The van der Waals surface area contributed by atoms with Gasteiger partial charge in [-0.2, -0.15) is 0 Å². The Hall–Kier alpha value is -4.34. The number of carbonyl (C=O) groups is 4. The van der Waals surface area contributed by atoms with Gasteiger partial charge in [-0.1, -0.05) is 27.9 Å². The van der Waals surface area contributed by atoms with Gasteiger partial charge in [0.15, 0.2) is 0 Å². The lowest BCUT2D eigenvalue weighted by molar-refractivity contribution is -0.201. The van der Waals surface area contributed by atoms with Crippen molar-refractivity contribution >= 4 is 41.5 Å². The molecule has 1 saturated heterocycles. The van der Waals surface area contributed by atoms with Gasteiger partial charge in [0.05, 0.1) is 18.7 Å². The van der Waals surface area contributed by atoms with Crippen LogP contribution in [0, 0.1) is 11.7 Å². The number of ether oxygens (including phenoxy) is 3. The lowest BCUT2D eigenvalue weighted by Gasteiger charge is -2.35. The number of esters is 3. The normalized spacial score (nSPS) is 20.5. The second kappa shape index (κ2) is 14.2. The molecule has 4 rings (SSSR count). The fourth-order valence-corrected chi connectivity index (χ4v) is 5.32. The molecule has 0 bridgehead atoms. The van der Waals surface area contributed by atoms with E-state index < -0.39 is 48.0 Å². The summed E-state index contributed by atoms with van der Waals surface area (Å²) in [5.74, 6) is -3.37. The molecule has 2 heterocycles. The topological polar surface area (TPSA) is 151 Å². The third-order valence-corrected chi connectivity index (χ3v) is 7.05. The molecule has 1 N–H and O–H groups in total. The average Bonchev–Trinajstić information content (AvgIpc) is 3.36. The second-order valence-corrected chi connectivity index (χ2v) is 10.6. The average molecular weight is 616 g/mol. The quantitative estimate of drug-likeness (QED) is 0.213. The first-order valence-electron chi connectivity index (χ1n) is 13.1. The van der Waals surface area contributed by atoms with Crippen LogP contribution in [0.4, 0.5) is 10.1 Å². The molecule has 228 valence electrons. The van der Waals surface area contributed by atoms with E-state index in [1.54, 1.807) is 30.3 Å². The van der Waals surface area contributed by atoms with Crippen molar-refractivity contribution < 1.29 is 42.6 Å². The molecule has 3 unspecified atom stereocenters. The maximum absolute atomic E-state index is 14.0. The Bertz CT molecular complexity index is 1490. The summed E-state index contributed by atoms with van der Waals surface area (Å²) < 4.78 is 33.4. The zero-order valence-electron chi connectivity index (χ0n) is 23.8. The summed E-state index contributed by atoms with van der Waals surface area (Å²) >= 11 is 1.04. The van der Waals surface area contributed by atoms with Crippen LogP contribution in [0.15, 0.2) is 59.6 Å². The van der Waals surface area contributed by atoms with Crippen molar-refractivity contribution in [2.75, 3.05) is 18.5 Å². The van der Waals surface area contributed by atoms with Crippen LogP contribution < -0.4 is 5.32 Å². The number of carbonyl (C=O) groups excluding carboxylic acids is 4. The summed E-state index contributed by atoms with van der Waals surface area (Å²) in [5, 5.41) is 11.1. The summed E-state index contributed by atoms with van der Waals surface area (Å²) in [5.41, 5.74) is 1.25. The first-order valence-corrected chi connectivity index (χ1v) is 13.9. The Morgan fingerprint density at radius 3 is 2.44 bits per heavy atom. The number of rotatable bonds is 9. The summed E-state index contributed by atoms with van der Waals surface area (Å²) in [7, 11) is 0. The molecule has 1 aliphatic heterocycles. The van der Waals surface area contributed by atoms with Crippen molar-refractivity contribution in [1.82, 2.24) is 19.5 Å². The fourth-order valence-electron chi connectivity index (χ4n) is 4.41. The third-order valence-electron chi connectivity index (χ3n) is 6.09. The summed E-state index contributed by atoms with van der Waals surface area (Å²) in [4.78, 5) is 54.8. The molecule has 1 aliphatic rings. The second-order valence-electron chi connectivity index (χ2n) is 9.60. The minimum absolute atomic E-state index is 0.122. The zero-order chi connectivity index (χ0) is 31.1. The van der Waals surface area contributed by atoms with E-state index in [1.807, 2.05) is 0 Å². The summed E-state index contributed by atoms with van der Waals surface area (Å²) in [6, 6.07) is 11.5. The van der Waals surface area contributed by atoms with E-state index in [4.69, 9.17) is 19.0 Å². The van der Waals surface area contributed by atoms with Crippen LogP contribution in [0.1, 0.15) is 33.7 Å². The molecular formula is C28H30FN5O8S. The van der Waals surface area contributed by atoms with Gasteiger partial charge >= 0.3 is 17.9 Å². The number of hydrogen-bond acceptors (Lipinski definition) is 12. The molecule has 0 spiro atoms. The monoisotopic (exact) mass is 615 g/mol. The van der Waals surface area contributed by atoms with Crippen LogP contribution in [-0.4, -0.2) is 68.8 Å². The lowest BCUT2D eigenvalue weighted by Crippen LogP contribution is -2.47. The highest BCUT2D eigenvalue weighted by Crippen LogP contribution is 2.39. The van der Waals surface area contributed by atoms with Gasteiger partial charge in [0.2, 0.25) is 12.1 Å². The van der Waals surface area contributed by atoms with Crippen LogP contribution in [0.3, 0.4) is 0 Å². The molecule has 2 aromatic carbocycles. The molecule has 4 atom stereocenters. The van der Waals surface area contributed by atoms with E-state index in [0.717, 1.165) is 11.9 Å². The zero-order valence-corrected chi connectivity index (χ0v) is 24.6. The van der Waals surface area contributed by atoms with E-state index in [9.17, 15) is 23.6 Å². The maximum atomic E-state index is 14.0. The van der Waals surface area contributed by atoms with Gasteiger partial charge in [0.25, 0.3) is 0 Å². The van der Waals surface area contributed by atoms with Crippen LogP contribution in [0.25, 0.3) is 11.3 Å². The van der Waals surface area contributed by atoms with Gasteiger partial charge in [-0.05, 0) is 42.3 Å². The van der Waals surface area contributed by atoms with Crippen molar-refractivity contribution in [3.63, 3.8) is 0 Å². The lowest BCUT2D eigenvalue weighted by atomic mass is 9.96. The number of amides is 1. The van der Waals surface area contributed by atoms with E-state index in [0.29, 0.717) is 21.8 Å². The molecule has 1 amide bonds. The Kier molecular flexibility index (Phi) is 10.4. The fraction of sp³-hybridized carbons (Fsp3) is 0.357. The number of nitrogens with zero attached hydrogens (tertiary/aromatic N) is 4. The van der Waals surface area contributed by atoms with Crippen LogP contribution in [0.5, 0.6) is 0 Å². The van der Waals surface area contributed by atoms with Gasteiger partial charge in [0.1, 0.15) is 30.3 Å². The molecule has 15 heteroatoms. The van der Waals surface area contributed by atoms with Crippen molar-refractivity contribution in [3.8, 4) is 11.3 Å². The molecule has 43 heavy (non-hydrogen) atoms. The molecular weight excluding hydrogens is 585 g/mol. The van der Waals surface area contributed by atoms with Gasteiger partial charge in [-0.3, -0.25) is 24.0 Å². The summed E-state index contributed by atoms with van der Waals surface area (Å²) in [6.07, 6.45) is -0.874. The number of benzene rings is 2. The first kappa shape index (κ1) is 31.6. The number of nitrogens with one attached hydrogen (secondary N) is 1. The molecule has 3 aromatic rings. The number of hydroxylamine groups is 1. The van der Waals surface area contributed by atoms with Crippen LogP contribution in [-0.2, 0) is 38.2 Å². The Labute approximate surface area is 250 Å². The number of anilines is 1. The Morgan fingerprint density at radius 1 is 1.02 bits per heavy atom. The minimum atomic E-state index is -1.28.